The molecule has 1 saturated carbocycles. The van der Waals surface area contributed by atoms with Gasteiger partial charge in [0.15, 0.2) is 0 Å². The summed E-state index contributed by atoms with van der Waals surface area (Å²) in [4.78, 5) is 0. The normalized spacial score (nSPS) is 31.5. The molecular formula is C15H31NO2. The highest BCUT2D eigenvalue weighted by Crippen LogP contribution is 2.43. The van der Waals surface area contributed by atoms with Crippen LogP contribution in [0.25, 0.3) is 0 Å². The van der Waals surface area contributed by atoms with Crippen LogP contribution in [0.2, 0.25) is 0 Å². The van der Waals surface area contributed by atoms with Gasteiger partial charge < -0.3 is 15.2 Å². The van der Waals surface area contributed by atoms with Crippen molar-refractivity contribution in [3.05, 3.63) is 0 Å². The van der Waals surface area contributed by atoms with E-state index in [0.717, 1.165) is 38.8 Å². The Bertz CT molecular complexity index is 243. The van der Waals surface area contributed by atoms with Crippen LogP contribution in [-0.2, 0) is 4.74 Å². The first-order chi connectivity index (χ1) is 8.43. The van der Waals surface area contributed by atoms with E-state index in [1.165, 1.54) is 6.42 Å². The van der Waals surface area contributed by atoms with Gasteiger partial charge in [0.05, 0.1) is 6.61 Å². The average molecular weight is 257 g/mol. The number of nitrogens with one attached hydrogen (secondary N) is 1. The van der Waals surface area contributed by atoms with E-state index < -0.39 is 0 Å². The van der Waals surface area contributed by atoms with E-state index in [4.69, 9.17) is 4.74 Å². The van der Waals surface area contributed by atoms with Crippen LogP contribution in [0.15, 0.2) is 0 Å². The second kappa shape index (κ2) is 6.88. The lowest BCUT2D eigenvalue weighted by Gasteiger charge is -2.47. The summed E-state index contributed by atoms with van der Waals surface area (Å²) in [6.07, 6.45) is 5.64. The highest BCUT2D eigenvalue weighted by Gasteiger charge is 2.41. The van der Waals surface area contributed by atoms with E-state index >= 15 is 0 Å². The molecule has 0 saturated heterocycles. The first-order valence-electron chi connectivity index (χ1n) is 7.28. The number of rotatable bonds is 7. The number of aliphatic hydroxyl groups is 1. The summed E-state index contributed by atoms with van der Waals surface area (Å²) >= 11 is 0. The summed E-state index contributed by atoms with van der Waals surface area (Å²) in [5.41, 5.74) is 0.272. The van der Waals surface area contributed by atoms with Crippen LogP contribution in [0, 0.1) is 11.3 Å². The molecule has 108 valence electrons. The molecule has 3 heteroatoms. The second-order valence-electron chi connectivity index (χ2n) is 6.92. The molecule has 0 aromatic rings. The molecule has 0 aliphatic heterocycles. The lowest BCUT2D eigenvalue weighted by atomic mass is 9.64. The Kier molecular flexibility index (Phi) is 6.09. The monoisotopic (exact) mass is 257 g/mol. The summed E-state index contributed by atoms with van der Waals surface area (Å²) in [6, 6.07) is 0. The van der Waals surface area contributed by atoms with Gasteiger partial charge in [0.2, 0.25) is 0 Å². The van der Waals surface area contributed by atoms with E-state index in [0.29, 0.717) is 11.3 Å². The minimum Gasteiger partial charge on any atom is -0.394 e. The topological polar surface area (TPSA) is 41.5 Å². The number of methoxy groups -OCH3 is 1. The number of unbranched alkanes of at least 4 members (excludes halogenated alkanes) is 1. The Hall–Kier alpha value is -0.120. The first kappa shape index (κ1) is 15.9. The molecule has 1 rings (SSSR count). The van der Waals surface area contributed by atoms with Crippen molar-refractivity contribution in [2.75, 3.05) is 26.9 Å². The van der Waals surface area contributed by atoms with Crippen LogP contribution in [0.5, 0.6) is 0 Å². The second-order valence-corrected chi connectivity index (χ2v) is 6.92. The van der Waals surface area contributed by atoms with Gasteiger partial charge in [-0.1, -0.05) is 20.8 Å². The summed E-state index contributed by atoms with van der Waals surface area (Å²) in [5, 5.41) is 13.4. The van der Waals surface area contributed by atoms with Gasteiger partial charge in [-0.3, -0.25) is 0 Å². The summed E-state index contributed by atoms with van der Waals surface area (Å²) in [7, 11) is 1.74. The average Bonchev–Trinajstić information content (AvgIpc) is 2.26. The molecule has 0 heterocycles. The summed E-state index contributed by atoms with van der Waals surface area (Å²) in [6.45, 7) is 9.00. The Morgan fingerprint density at radius 2 is 2.00 bits per heavy atom. The highest BCUT2D eigenvalue weighted by atomic mass is 16.5. The van der Waals surface area contributed by atoms with E-state index in [-0.39, 0.29) is 12.1 Å². The standard InChI is InChI=1S/C15H31NO2/c1-13-9-14(2,3)11-15(10-13,12-17)16-7-5-6-8-18-4/h13,16-17H,5-12H2,1-4H3. The summed E-state index contributed by atoms with van der Waals surface area (Å²) in [5.74, 6) is 0.687. The zero-order chi connectivity index (χ0) is 13.6. The van der Waals surface area contributed by atoms with Gasteiger partial charge in [-0.15, -0.1) is 0 Å². The maximum absolute atomic E-state index is 9.81. The zero-order valence-corrected chi connectivity index (χ0v) is 12.6. The van der Waals surface area contributed by atoms with E-state index in [9.17, 15) is 5.11 Å². The van der Waals surface area contributed by atoms with Crippen LogP contribution < -0.4 is 5.32 Å². The quantitative estimate of drug-likeness (QED) is 0.689. The minimum atomic E-state index is -0.0613. The molecule has 1 fully saturated rings. The lowest BCUT2D eigenvalue weighted by Crippen LogP contribution is -2.55. The summed E-state index contributed by atoms with van der Waals surface area (Å²) < 4.78 is 5.06. The van der Waals surface area contributed by atoms with Crippen LogP contribution in [0.3, 0.4) is 0 Å². The third kappa shape index (κ3) is 4.87. The fourth-order valence-electron chi connectivity index (χ4n) is 3.78. The SMILES string of the molecule is COCCCCNC1(CO)CC(C)CC(C)(C)C1. The Morgan fingerprint density at radius 1 is 1.28 bits per heavy atom. The fourth-order valence-corrected chi connectivity index (χ4v) is 3.78. The fraction of sp³-hybridized carbons (Fsp3) is 1.00. The zero-order valence-electron chi connectivity index (χ0n) is 12.6. The molecule has 0 radical (unpaired) electrons. The van der Waals surface area contributed by atoms with Gasteiger partial charge >= 0.3 is 0 Å². The molecule has 1 aliphatic rings. The molecule has 0 amide bonds. The van der Waals surface area contributed by atoms with Crippen molar-refractivity contribution in [2.24, 2.45) is 11.3 Å². The maximum atomic E-state index is 9.81. The number of ether oxygens (including phenoxy) is 1. The highest BCUT2D eigenvalue weighted by molar-refractivity contribution is 4.98. The van der Waals surface area contributed by atoms with Crippen LogP contribution in [0.1, 0.15) is 52.9 Å². The van der Waals surface area contributed by atoms with Crippen molar-refractivity contribution in [3.63, 3.8) is 0 Å². The lowest BCUT2D eigenvalue weighted by molar-refractivity contribution is 0.0360. The van der Waals surface area contributed by atoms with Gasteiger partial charge in [0, 0.05) is 19.3 Å². The minimum absolute atomic E-state index is 0.0613. The van der Waals surface area contributed by atoms with Gasteiger partial charge in [-0.2, -0.15) is 0 Å². The van der Waals surface area contributed by atoms with E-state index in [1.807, 2.05) is 0 Å². The molecule has 18 heavy (non-hydrogen) atoms. The predicted molar refractivity (Wildman–Crippen MR) is 75.7 cm³/mol. The Balaban J connectivity index is 2.46. The molecular weight excluding hydrogens is 226 g/mol. The number of aliphatic hydroxyl groups excluding tert-OH is 1. The molecule has 0 aromatic heterocycles. The molecule has 0 aromatic carbocycles. The van der Waals surface area contributed by atoms with Gasteiger partial charge in [-0.05, 0) is 50.0 Å². The maximum Gasteiger partial charge on any atom is 0.0613 e. The largest absolute Gasteiger partial charge is 0.394 e. The third-order valence-electron chi connectivity index (χ3n) is 4.04. The van der Waals surface area contributed by atoms with Crippen molar-refractivity contribution >= 4 is 0 Å². The molecule has 2 N–H and O–H groups in total. The van der Waals surface area contributed by atoms with Crippen LogP contribution in [0.4, 0.5) is 0 Å². The van der Waals surface area contributed by atoms with Crippen molar-refractivity contribution in [3.8, 4) is 0 Å². The molecule has 0 bridgehead atoms. The molecule has 0 spiro atoms. The Morgan fingerprint density at radius 3 is 2.56 bits per heavy atom. The molecule has 1 aliphatic carbocycles. The van der Waals surface area contributed by atoms with Crippen molar-refractivity contribution in [1.82, 2.24) is 5.32 Å². The molecule has 3 nitrogen and oxygen atoms in total. The predicted octanol–water partition coefficient (Wildman–Crippen LogP) is 2.58. The van der Waals surface area contributed by atoms with E-state index in [2.05, 4.69) is 26.1 Å². The Labute approximate surface area is 112 Å². The van der Waals surface area contributed by atoms with E-state index in [1.54, 1.807) is 7.11 Å². The van der Waals surface area contributed by atoms with Gasteiger partial charge in [0.1, 0.15) is 0 Å². The number of hydrogen-bond donors (Lipinski definition) is 2. The first-order valence-corrected chi connectivity index (χ1v) is 7.28. The molecule has 2 atom stereocenters. The van der Waals surface area contributed by atoms with Gasteiger partial charge in [0.25, 0.3) is 0 Å². The van der Waals surface area contributed by atoms with Crippen molar-refractivity contribution in [2.45, 2.75) is 58.4 Å². The van der Waals surface area contributed by atoms with Crippen molar-refractivity contribution < 1.29 is 9.84 Å². The molecule has 2 unspecified atom stereocenters. The van der Waals surface area contributed by atoms with Crippen LogP contribution in [-0.4, -0.2) is 37.5 Å². The third-order valence-corrected chi connectivity index (χ3v) is 4.04. The smallest absolute Gasteiger partial charge is 0.0613 e. The van der Waals surface area contributed by atoms with Crippen molar-refractivity contribution in [1.29, 1.82) is 0 Å². The van der Waals surface area contributed by atoms with Crippen LogP contribution >= 0.6 is 0 Å². The number of hydrogen-bond acceptors (Lipinski definition) is 3. The van der Waals surface area contributed by atoms with Gasteiger partial charge in [-0.25, -0.2) is 0 Å².